The Morgan fingerprint density at radius 3 is 2.95 bits per heavy atom. The van der Waals surface area contributed by atoms with Crippen molar-refractivity contribution in [3.05, 3.63) is 23.3 Å². The summed E-state index contributed by atoms with van der Waals surface area (Å²) in [6.07, 6.45) is 8.41. The molecule has 0 amide bonds. The second kappa shape index (κ2) is 6.44. The van der Waals surface area contributed by atoms with Crippen molar-refractivity contribution in [2.75, 3.05) is 6.54 Å². The van der Waals surface area contributed by atoms with E-state index in [1.165, 1.54) is 37.1 Å². The summed E-state index contributed by atoms with van der Waals surface area (Å²) in [6, 6.07) is 0.822. The van der Waals surface area contributed by atoms with Gasteiger partial charge in [0.15, 0.2) is 0 Å². The van der Waals surface area contributed by atoms with Gasteiger partial charge in [0.25, 0.3) is 0 Å². The molecule has 4 heteroatoms. The Hall–Kier alpha value is -0.610. The molecule has 3 nitrogen and oxygen atoms in total. The standard InChI is InChI=1S/C16H25N3S/c1-11(2)20-10-16-18-9-13-7-12(3-6-15(13)19-16)8-17-14-4-5-14/h9,11-12,14,17H,3-8,10H2,1-2H3. The molecule has 0 spiro atoms. The lowest BCUT2D eigenvalue weighted by Gasteiger charge is -2.24. The van der Waals surface area contributed by atoms with Crippen LogP contribution in [0.2, 0.25) is 0 Å². The number of hydrogen-bond donors (Lipinski definition) is 1. The van der Waals surface area contributed by atoms with Crippen molar-refractivity contribution in [1.82, 2.24) is 15.3 Å². The summed E-state index contributed by atoms with van der Waals surface area (Å²) in [5, 5.41) is 4.30. The lowest BCUT2D eigenvalue weighted by molar-refractivity contribution is 0.418. The quantitative estimate of drug-likeness (QED) is 0.874. The fourth-order valence-electron chi connectivity index (χ4n) is 2.73. The third kappa shape index (κ3) is 3.95. The Morgan fingerprint density at radius 2 is 2.20 bits per heavy atom. The number of fused-ring (bicyclic) bond motifs is 1. The normalized spacial score (nSPS) is 22.1. The Kier molecular flexibility index (Phi) is 4.61. The third-order valence-corrected chi connectivity index (χ3v) is 5.21. The molecule has 1 atom stereocenters. The summed E-state index contributed by atoms with van der Waals surface area (Å²) >= 11 is 1.92. The Morgan fingerprint density at radius 1 is 1.35 bits per heavy atom. The van der Waals surface area contributed by atoms with Gasteiger partial charge in [0, 0.05) is 17.9 Å². The van der Waals surface area contributed by atoms with Gasteiger partial charge in [-0.3, -0.25) is 0 Å². The number of nitrogens with zero attached hydrogens (tertiary/aromatic N) is 2. The largest absolute Gasteiger partial charge is 0.314 e. The number of hydrogen-bond acceptors (Lipinski definition) is 4. The summed E-state index contributed by atoms with van der Waals surface area (Å²) in [5.74, 6) is 2.73. The lowest BCUT2D eigenvalue weighted by atomic mass is 9.87. The van der Waals surface area contributed by atoms with Gasteiger partial charge in [-0.2, -0.15) is 11.8 Å². The zero-order chi connectivity index (χ0) is 13.9. The molecule has 0 radical (unpaired) electrons. The number of aromatic nitrogens is 2. The van der Waals surface area contributed by atoms with Crippen molar-refractivity contribution in [3.63, 3.8) is 0 Å². The van der Waals surface area contributed by atoms with Gasteiger partial charge in [-0.25, -0.2) is 9.97 Å². The molecular formula is C16H25N3S. The molecule has 2 aliphatic rings. The molecule has 1 fully saturated rings. The zero-order valence-electron chi connectivity index (χ0n) is 12.6. The van der Waals surface area contributed by atoms with Crippen LogP contribution in [0.1, 0.15) is 50.2 Å². The summed E-state index contributed by atoms with van der Waals surface area (Å²) in [5.41, 5.74) is 2.69. The van der Waals surface area contributed by atoms with Crippen LogP contribution in [-0.4, -0.2) is 27.8 Å². The average molecular weight is 291 g/mol. The maximum Gasteiger partial charge on any atom is 0.138 e. The fraction of sp³-hybridized carbons (Fsp3) is 0.750. The van der Waals surface area contributed by atoms with E-state index in [-0.39, 0.29) is 0 Å². The second-order valence-corrected chi connectivity index (χ2v) is 7.97. The highest BCUT2D eigenvalue weighted by Gasteiger charge is 2.24. The first kappa shape index (κ1) is 14.3. The first-order valence-electron chi connectivity index (χ1n) is 7.89. The predicted molar refractivity (Wildman–Crippen MR) is 85.0 cm³/mol. The molecule has 2 aliphatic carbocycles. The molecule has 1 aromatic rings. The molecule has 1 unspecified atom stereocenters. The van der Waals surface area contributed by atoms with Crippen LogP contribution in [0.15, 0.2) is 6.20 Å². The van der Waals surface area contributed by atoms with Crippen molar-refractivity contribution in [3.8, 4) is 0 Å². The second-order valence-electron chi connectivity index (χ2n) is 6.41. The van der Waals surface area contributed by atoms with Gasteiger partial charge in [-0.15, -0.1) is 0 Å². The van der Waals surface area contributed by atoms with Crippen molar-refractivity contribution >= 4 is 11.8 Å². The van der Waals surface area contributed by atoms with E-state index < -0.39 is 0 Å². The highest BCUT2D eigenvalue weighted by Crippen LogP contribution is 2.26. The SMILES string of the molecule is CC(C)SCc1ncc2c(n1)CCC(CNC1CC1)C2. The van der Waals surface area contributed by atoms with Gasteiger partial charge >= 0.3 is 0 Å². The Bertz CT molecular complexity index is 457. The molecule has 0 bridgehead atoms. The van der Waals surface area contributed by atoms with Gasteiger partial charge in [0.1, 0.15) is 5.82 Å². The molecule has 0 aliphatic heterocycles. The smallest absolute Gasteiger partial charge is 0.138 e. The van der Waals surface area contributed by atoms with Crippen molar-refractivity contribution in [2.24, 2.45) is 5.92 Å². The minimum Gasteiger partial charge on any atom is -0.314 e. The molecular weight excluding hydrogens is 266 g/mol. The van der Waals surface area contributed by atoms with E-state index in [9.17, 15) is 0 Å². The molecule has 1 aromatic heterocycles. The van der Waals surface area contributed by atoms with E-state index in [1.54, 1.807) is 0 Å². The first-order valence-corrected chi connectivity index (χ1v) is 8.94. The molecule has 1 heterocycles. The number of aryl methyl sites for hydroxylation is 1. The minimum absolute atomic E-state index is 0.646. The third-order valence-electron chi connectivity index (χ3n) is 4.12. The molecule has 0 saturated heterocycles. The molecule has 110 valence electrons. The fourth-order valence-corrected chi connectivity index (χ4v) is 3.35. The Labute approximate surface area is 126 Å². The monoisotopic (exact) mass is 291 g/mol. The van der Waals surface area contributed by atoms with Crippen LogP contribution in [0.5, 0.6) is 0 Å². The van der Waals surface area contributed by atoms with E-state index in [1.807, 2.05) is 11.8 Å². The number of thioether (sulfide) groups is 1. The minimum atomic E-state index is 0.646. The maximum atomic E-state index is 4.77. The van der Waals surface area contributed by atoms with Gasteiger partial charge in [0.2, 0.25) is 0 Å². The van der Waals surface area contributed by atoms with E-state index in [2.05, 4.69) is 30.3 Å². The maximum absolute atomic E-state index is 4.77. The van der Waals surface area contributed by atoms with Crippen molar-refractivity contribution < 1.29 is 0 Å². The molecule has 1 saturated carbocycles. The van der Waals surface area contributed by atoms with Crippen molar-refractivity contribution in [1.29, 1.82) is 0 Å². The van der Waals surface area contributed by atoms with Gasteiger partial charge in [-0.05, 0) is 55.4 Å². The van der Waals surface area contributed by atoms with Crippen LogP contribution in [-0.2, 0) is 18.6 Å². The summed E-state index contributed by atoms with van der Waals surface area (Å²) in [7, 11) is 0. The Balaban J connectivity index is 1.56. The van der Waals surface area contributed by atoms with Crippen molar-refractivity contribution in [2.45, 2.75) is 63.0 Å². The van der Waals surface area contributed by atoms with Crippen LogP contribution < -0.4 is 5.32 Å². The predicted octanol–water partition coefficient (Wildman–Crippen LogP) is 2.98. The van der Waals surface area contributed by atoms with Crippen LogP contribution in [0, 0.1) is 5.92 Å². The lowest BCUT2D eigenvalue weighted by Crippen LogP contribution is -2.29. The molecule has 20 heavy (non-hydrogen) atoms. The van der Waals surface area contributed by atoms with E-state index in [0.717, 1.165) is 36.4 Å². The van der Waals surface area contributed by atoms with Gasteiger partial charge in [0.05, 0.1) is 5.75 Å². The summed E-state index contributed by atoms with van der Waals surface area (Å²) in [4.78, 5) is 9.33. The van der Waals surface area contributed by atoms with E-state index >= 15 is 0 Å². The van der Waals surface area contributed by atoms with Gasteiger partial charge < -0.3 is 5.32 Å². The highest BCUT2D eigenvalue weighted by molar-refractivity contribution is 7.99. The van der Waals surface area contributed by atoms with Crippen LogP contribution >= 0.6 is 11.8 Å². The summed E-state index contributed by atoms with van der Waals surface area (Å²) in [6.45, 7) is 5.62. The molecule has 1 N–H and O–H groups in total. The summed E-state index contributed by atoms with van der Waals surface area (Å²) < 4.78 is 0. The van der Waals surface area contributed by atoms with Gasteiger partial charge in [-0.1, -0.05) is 13.8 Å². The van der Waals surface area contributed by atoms with E-state index in [4.69, 9.17) is 4.98 Å². The number of rotatable bonds is 6. The van der Waals surface area contributed by atoms with Crippen LogP contribution in [0.25, 0.3) is 0 Å². The highest BCUT2D eigenvalue weighted by atomic mass is 32.2. The van der Waals surface area contributed by atoms with Crippen LogP contribution in [0.3, 0.4) is 0 Å². The van der Waals surface area contributed by atoms with E-state index in [0.29, 0.717) is 5.25 Å². The zero-order valence-corrected chi connectivity index (χ0v) is 13.4. The molecule has 0 aromatic carbocycles. The first-order chi connectivity index (χ1) is 9.70. The average Bonchev–Trinajstić information content (AvgIpc) is 3.26. The number of nitrogens with one attached hydrogen (secondary N) is 1. The van der Waals surface area contributed by atoms with Crippen LogP contribution in [0.4, 0.5) is 0 Å². The topological polar surface area (TPSA) is 37.8 Å². The molecule has 3 rings (SSSR count).